The molecule has 1 amide bonds. The van der Waals surface area contributed by atoms with E-state index in [4.69, 9.17) is 14.8 Å². The van der Waals surface area contributed by atoms with Crippen molar-refractivity contribution >= 4 is 19.6 Å². The summed E-state index contributed by atoms with van der Waals surface area (Å²) in [5.74, 6) is -0.143. The summed E-state index contributed by atoms with van der Waals surface area (Å²) in [6.45, 7) is 4.21. The normalized spacial score (nSPS) is 19.8. The Morgan fingerprint density at radius 3 is 2.32 bits per heavy atom. The molecule has 2 aromatic carbocycles. The number of primary amides is 1. The summed E-state index contributed by atoms with van der Waals surface area (Å²) in [4.78, 5) is 12.4. The second-order valence-corrected chi connectivity index (χ2v) is 11.5. The lowest BCUT2D eigenvalue weighted by atomic mass is 9.76. The highest BCUT2D eigenvalue weighted by molar-refractivity contribution is 7.54. The van der Waals surface area contributed by atoms with Crippen LogP contribution in [0.4, 0.5) is 0 Å². The zero-order valence-corrected chi connectivity index (χ0v) is 21.1. The fraction of sp³-hybridized carbons (Fsp3) is 0.464. The van der Waals surface area contributed by atoms with Gasteiger partial charge in [0.15, 0.2) is 0 Å². The van der Waals surface area contributed by atoms with Crippen LogP contribution < -0.4 is 5.73 Å². The minimum Gasteiger partial charge on any atom is -0.366 e. The molecule has 1 fully saturated rings. The molecule has 2 unspecified atom stereocenters. The number of fused-ring (bicyclic) bond motifs is 1. The molecular weight excluding hydrogens is 445 g/mol. The van der Waals surface area contributed by atoms with Crippen LogP contribution in [0.3, 0.4) is 0 Å². The molecule has 2 aromatic rings. The van der Waals surface area contributed by atoms with Crippen LogP contribution in [0.15, 0.2) is 54.1 Å². The summed E-state index contributed by atoms with van der Waals surface area (Å²) < 4.78 is 26.0. The van der Waals surface area contributed by atoms with E-state index in [1.54, 1.807) is 0 Å². The average molecular weight is 482 g/mol. The number of carbonyl (C=O) groups excluding carboxylic acids is 1. The number of hydrogen-bond acceptors (Lipinski definition) is 4. The van der Waals surface area contributed by atoms with Crippen LogP contribution in [0.2, 0.25) is 0 Å². The lowest BCUT2D eigenvalue weighted by Crippen LogP contribution is -2.24. The van der Waals surface area contributed by atoms with Crippen molar-refractivity contribution in [3.05, 3.63) is 76.4 Å². The van der Waals surface area contributed by atoms with Gasteiger partial charge in [0.05, 0.1) is 18.9 Å². The summed E-state index contributed by atoms with van der Waals surface area (Å²) in [5, 5.41) is 0. The first-order valence-electron chi connectivity index (χ1n) is 12.5. The lowest BCUT2D eigenvalue weighted by Gasteiger charge is -2.36. The van der Waals surface area contributed by atoms with E-state index in [1.165, 1.54) is 37.7 Å². The molecule has 6 heteroatoms. The van der Waals surface area contributed by atoms with Gasteiger partial charge >= 0.3 is 7.60 Å². The number of hydrogen-bond donors (Lipinski definition) is 1. The van der Waals surface area contributed by atoms with Gasteiger partial charge in [-0.05, 0) is 67.4 Å². The Kier molecular flexibility index (Phi) is 8.08. The molecule has 2 aliphatic rings. The summed E-state index contributed by atoms with van der Waals surface area (Å²) in [7, 11) is -3.55. The molecule has 0 radical (unpaired) electrons. The molecule has 1 saturated carbocycles. The molecule has 0 aromatic heterocycles. The van der Waals surface area contributed by atoms with E-state index in [0.717, 1.165) is 16.7 Å². The van der Waals surface area contributed by atoms with Gasteiger partial charge in [0.25, 0.3) is 0 Å². The Bertz CT molecular complexity index is 1070. The van der Waals surface area contributed by atoms with Crippen LogP contribution in [0.5, 0.6) is 0 Å². The van der Waals surface area contributed by atoms with Crippen molar-refractivity contribution in [2.24, 2.45) is 5.73 Å². The third-order valence-corrected chi connectivity index (χ3v) is 9.73. The van der Waals surface area contributed by atoms with Crippen LogP contribution in [0.1, 0.15) is 92.1 Å². The Hall–Kier alpha value is -2.20. The van der Waals surface area contributed by atoms with Gasteiger partial charge in [-0.3, -0.25) is 9.36 Å². The summed E-state index contributed by atoms with van der Waals surface area (Å²) in [6.07, 6.45) is 8.54. The third kappa shape index (κ3) is 5.22. The van der Waals surface area contributed by atoms with Gasteiger partial charge in [0.2, 0.25) is 5.91 Å². The van der Waals surface area contributed by atoms with Crippen molar-refractivity contribution < 1.29 is 18.4 Å². The number of benzene rings is 2. The molecule has 2 N–H and O–H groups in total. The van der Waals surface area contributed by atoms with Crippen LogP contribution in [0, 0.1) is 0 Å². The van der Waals surface area contributed by atoms with Crippen molar-refractivity contribution in [2.45, 2.75) is 69.9 Å². The van der Waals surface area contributed by atoms with Crippen molar-refractivity contribution in [3.8, 4) is 0 Å². The summed E-state index contributed by atoms with van der Waals surface area (Å²) in [5.41, 5.74) is 10.1. The van der Waals surface area contributed by atoms with Crippen molar-refractivity contribution in [1.82, 2.24) is 0 Å². The van der Waals surface area contributed by atoms with Crippen molar-refractivity contribution in [2.75, 3.05) is 13.2 Å². The van der Waals surface area contributed by atoms with E-state index >= 15 is 0 Å². The molecule has 5 nitrogen and oxygen atoms in total. The van der Waals surface area contributed by atoms with Crippen LogP contribution in [-0.2, 0) is 18.4 Å². The number of carbonyl (C=O) groups is 1. The number of amides is 1. The quantitative estimate of drug-likeness (QED) is 0.388. The van der Waals surface area contributed by atoms with Gasteiger partial charge in [-0.15, -0.1) is 0 Å². The largest absolute Gasteiger partial charge is 0.366 e. The highest BCUT2D eigenvalue weighted by Crippen LogP contribution is 2.67. The highest BCUT2D eigenvalue weighted by Gasteiger charge is 2.45. The van der Waals surface area contributed by atoms with E-state index in [9.17, 15) is 9.36 Å². The van der Waals surface area contributed by atoms with E-state index in [-0.39, 0.29) is 19.1 Å². The minimum absolute atomic E-state index is 0.255. The van der Waals surface area contributed by atoms with E-state index in [1.807, 2.05) is 50.3 Å². The first-order valence-corrected chi connectivity index (χ1v) is 14.2. The monoisotopic (exact) mass is 481 g/mol. The molecule has 182 valence electrons. The van der Waals surface area contributed by atoms with E-state index in [2.05, 4.69) is 18.2 Å². The maximum atomic E-state index is 14.2. The predicted octanol–water partition coefficient (Wildman–Crippen LogP) is 7.10. The van der Waals surface area contributed by atoms with Gasteiger partial charge < -0.3 is 14.8 Å². The van der Waals surface area contributed by atoms with E-state index < -0.39 is 19.2 Å². The third-order valence-electron chi connectivity index (χ3n) is 7.15. The smallest absolute Gasteiger partial charge is 0.338 e. The SMILES string of the molecule is CCOP(=O)(OCC)C(c1ccccc1)C1CC(C(N)=O)=Cc2cc(C3CCCCC3)ccc21. The molecule has 2 atom stereocenters. The Balaban J connectivity index is 1.84. The molecular formula is C28H36NO4P. The Morgan fingerprint density at radius 1 is 1.03 bits per heavy atom. The standard InChI is InChI=1S/C28H36NO4P/c1-3-32-34(31,33-4-2)27(21-13-9-6-10-14-21)26-19-24(28(29)30)18-23-17-22(15-16-25(23)26)20-11-7-5-8-12-20/h6,9-10,13-18,20,26-27H,3-5,7-8,11-12,19H2,1-2H3,(H2,29,30). The van der Waals surface area contributed by atoms with Crippen molar-refractivity contribution in [1.29, 1.82) is 0 Å². The number of rotatable bonds is 9. The molecule has 0 heterocycles. The Morgan fingerprint density at radius 2 is 1.71 bits per heavy atom. The van der Waals surface area contributed by atoms with Crippen LogP contribution >= 0.6 is 7.60 Å². The second kappa shape index (κ2) is 11.0. The Labute approximate surface area is 203 Å². The maximum Gasteiger partial charge on any atom is 0.338 e. The average Bonchev–Trinajstić information content (AvgIpc) is 2.85. The molecule has 0 aliphatic heterocycles. The zero-order chi connectivity index (χ0) is 24.1. The summed E-state index contributed by atoms with van der Waals surface area (Å²) in [6, 6.07) is 16.3. The number of nitrogens with two attached hydrogens (primary N) is 1. The lowest BCUT2D eigenvalue weighted by molar-refractivity contribution is -0.114. The van der Waals surface area contributed by atoms with Gasteiger partial charge in [0.1, 0.15) is 0 Å². The summed E-state index contributed by atoms with van der Waals surface area (Å²) >= 11 is 0. The molecule has 0 spiro atoms. The van der Waals surface area contributed by atoms with E-state index in [0.29, 0.717) is 17.9 Å². The van der Waals surface area contributed by atoms with Gasteiger partial charge in [-0.25, -0.2) is 0 Å². The van der Waals surface area contributed by atoms with Crippen LogP contribution in [-0.4, -0.2) is 19.1 Å². The second-order valence-electron chi connectivity index (χ2n) is 9.30. The highest BCUT2D eigenvalue weighted by atomic mass is 31.2. The zero-order valence-electron chi connectivity index (χ0n) is 20.2. The maximum absolute atomic E-state index is 14.2. The minimum atomic E-state index is -3.55. The topological polar surface area (TPSA) is 78.6 Å². The first-order chi connectivity index (χ1) is 16.5. The fourth-order valence-corrected chi connectivity index (χ4v) is 8.00. The predicted molar refractivity (Wildman–Crippen MR) is 137 cm³/mol. The van der Waals surface area contributed by atoms with Gasteiger partial charge in [0, 0.05) is 11.5 Å². The first kappa shape index (κ1) is 24.9. The molecule has 0 saturated heterocycles. The van der Waals surface area contributed by atoms with Gasteiger partial charge in [-0.1, -0.05) is 67.8 Å². The molecule has 0 bridgehead atoms. The molecule has 34 heavy (non-hydrogen) atoms. The van der Waals surface area contributed by atoms with Gasteiger partial charge in [-0.2, -0.15) is 0 Å². The molecule has 2 aliphatic carbocycles. The van der Waals surface area contributed by atoms with Crippen LogP contribution in [0.25, 0.3) is 6.08 Å². The van der Waals surface area contributed by atoms with Crippen molar-refractivity contribution in [3.63, 3.8) is 0 Å². The fourth-order valence-electron chi connectivity index (χ4n) is 5.64. The molecule has 4 rings (SSSR count).